The highest BCUT2D eigenvalue weighted by Gasteiger charge is 1.95. The Kier molecular flexibility index (Phi) is 20.5. The SMILES string of the molecule is C=C(C)C(=O)NCC.CCCCCCNCCCCCC. The van der Waals surface area contributed by atoms with E-state index >= 15 is 0 Å². The predicted molar refractivity (Wildman–Crippen MR) is 94.7 cm³/mol. The summed E-state index contributed by atoms with van der Waals surface area (Å²) >= 11 is 0. The highest BCUT2D eigenvalue weighted by Crippen LogP contribution is 1.99. The molecule has 0 aromatic carbocycles. The number of hydrogen-bond donors (Lipinski definition) is 2. The average Bonchev–Trinajstić information content (AvgIpc) is 2.46. The van der Waals surface area contributed by atoms with Gasteiger partial charge in [-0.2, -0.15) is 0 Å². The van der Waals surface area contributed by atoms with E-state index in [0.29, 0.717) is 12.1 Å². The van der Waals surface area contributed by atoms with Crippen molar-refractivity contribution in [3.8, 4) is 0 Å². The molecule has 0 aliphatic rings. The van der Waals surface area contributed by atoms with Crippen LogP contribution >= 0.6 is 0 Å². The summed E-state index contributed by atoms with van der Waals surface area (Å²) in [6.45, 7) is 14.7. The third kappa shape index (κ3) is 21.6. The van der Waals surface area contributed by atoms with Crippen molar-refractivity contribution >= 4 is 5.91 Å². The van der Waals surface area contributed by atoms with E-state index in [1.54, 1.807) is 6.92 Å². The molecule has 0 unspecified atom stereocenters. The van der Waals surface area contributed by atoms with Crippen LogP contribution in [-0.4, -0.2) is 25.5 Å². The molecule has 0 saturated carbocycles. The van der Waals surface area contributed by atoms with Crippen molar-refractivity contribution in [2.75, 3.05) is 19.6 Å². The molecule has 0 bridgehead atoms. The van der Waals surface area contributed by atoms with Gasteiger partial charge in [-0.1, -0.05) is 59.0 Å². The van der Waals surface area contributed by atoms with E-state index in [9.17, 15) is 4.79 Å². The number of likely N-dealkylation sites (N-methyl/N-ethyl adjacent to an activating group) is 1. The van der Waals surface area contributed by atoms with E-state index in [4.69, 9.17) is 0 Å². The number of unbranched alkanes of at least 4 members (excludes halogenated alkanes) is 6. The maximum atomic E-state index is 10.5. The van der Waals surface area contributed by atoms with Crippen molar-refractivity contribution in [3.63, 3.8) is 0 Å². The lowest BCUT2D eigenvalue weighted by Crippen LogP contribution is -2.22. The van der Waals surface area contributed by atoms with E-state index in [-0.39, 0.29) is 5.91 Å². The van der Waals surface area contributed by atoms with Crippen LogP contribution in [0.15, 0.2) is 12.2 Å². The molecule has 0 rings (SSSR count). The lowest BCUT2D eigenvalue weighted by atomic mass is 10.2. The number of carbonyl (C=O) groups excluding carboxylic acids is 1. The van der Waals surface area contributed by atoms with Crippen molar-refractivity contribution in [1.82, 2.24) is 10.6 Å². The second kappa shape index (κ2) is 19.2. The summed E-state index contributed by atoms with van der Waals surface area (Å²) in [7, 11) is 0. The zero-order chi connectivity index (χ0) is 16.3. The first-order valence-electron chi connectivity index (χ1n) is 8.74. The minimum atomic E-state index is -0.0625. The summed E-state index contributed by atoms with van der Waals surface area (Å²) in [5, 5.41) is 6.11. The average molecular weight is 299 g/mol. The van der Waals surface area contributed by atoms with Gasteiger partial charge in [-0.15, -0.1) is 0 Å². The van der Waals surface area contributed by atoms with Gasteiger partial charge in [-0.25, -0.2) is 0 Å². The van der Waals surface area contributed by atoms with Crippen LogP contribution in [0.2, 0.25) is 0 Å². The molecule has 3 heteroatoms. The van der Waals surface area contributed by atoms with E-state index in [0.717, 1.165) is 0 Å². The molecule has 0 aromatic rings. The fourth-order valence-electron chi connectivity index (χ4n) is 1.79. The van der Waals surface area contributed by atoms with Gasteiger partial charge in [-0.3, -0.25) is 4.79 Å². The van der Waals surface area contributed by atoms with Crippen LogP contribution in [0.1, 0.15) is 79.1 Å². The molecule has 1 amide bonds. The quantitative estimate of drug-likeness (QED) is 0.413. The predicted octanol–water partition coefficient (Wildman–Crippen LogP) is 4.44. The molecule has 21 heavy (non-hydrogen) atoms. The van der Waals surface area contributed by atoms with Gasteiger partial charge in [0.05, 0.1) is 0 Å². The lowest BCUT2D eigenvalue weighted by molar-refractivity contribution is -0.117. The van der Waals surface area contributed by atoms with Gasteiger partial charge in [0.2, 0.25) is 5.91 Å². The number of nitrogens with one attached hydrogen (secondary N) is 2. The molecule has 0 spiro atoms. The van der Waals surface area contributed by atoms with Gasteiger partial charge in [0.25, 0.3) is 0 Å². The van der Waals surface area contributed by atoms with Crippen LogP contribution in [0, 0.1) is 0 Å². The van der Waals surface area contributed by atoms with Crippen molar-refractivity contribution in [1.29, 1.82) is 0 Å². The number of carbonyl (C=O) groups is 1. The van der Waals surface area contributed by atoms with E-state index in [2.05, 4.69) is 31.1 Å². The Labute approximate surface area is 133 Å². The van der Waals surface area contributed by atoms with E-state index in [1.165, 1.54) is 64.5 Å². The third-order valence-electron chi connectivity index (χ3n) is 3.14. The molecule has 126 valence electrons. The van der Waals surface area contributed by atoms with Crippen molar-refractivity contribution in [2.24, 2.45) is 0 Å². The molecule has 0 heterocycles. The Bertz CT molecular complexity index is 229. The van der Waals surface area contributed by atoms with Crippen molar-refractivity contribution in [3.05, 3.63) is 12.2 Å². The van der Waals surface area contributed by atoms with Crippen LogP contribution in [0.4, 0.5) is 0 Å². The Morgan fingerprint density at radius 3 is 1.62 bits per heavy atom. The summed E-state index contributed by atoms with van der Waals surface area (Å²) in [6, 6.07) is 0. The van der Waals surface area contributed by atoms with Gasteiger partial charge in [0.1, 0.15) is 0 Å². The van der Waals surface area contributed by atoms with Gasteiger partial charge in [-0.05, 0) is 39.8 Å². The third-order valence-corrected chi connectivity index (χ3v) is 3.14. The Morgan fingerprint density at radius 2 is 1.33 bits per heavy atom. The van der Waals surface area contributed by atoms with Crippen molar-refractivity contribution in [2.45, 2.75) is 79.1 Å². The molecule has 0 aliphatic carbocycles. The zero-order valence-corrected chi connectivity index (χ0v) is 14.9. The maximum Gasteiger partial charge on any atom is 0.246 e. The number of amides is 1. The summed E-state index contributed by atoms with van der Waals surface area (Å²) < 4.78 is 0. The summed E-state index contributed by atoms with van der Waals surface area (Å²) in [5.74, 6) is -0.0625. The summed E-state index contributed by atoms with van der Waals surface area (Å²) in [4.78, 5) is 10.5. The van der Waals surface area contributed by atoms with Crippen LogP contribution in [0.3, 0.4) is 0 Å². The first kappa shape index (κ1) is 22.5. The molecule has 0 radical (unpaired) electrons. The Balaban J connectivity index is 0. The van der Waals surface area contributed by atoms with Gasteiger partial charge >= 0.3 is 0 Å². The molecule has 0 aliphatic heterocycles. The van der Waals surface area contributed by atoms with Gasteiger partial charge in [0.15, 0.2) is 0 Å². The minimum absolute atomic E-state index is 0.0625. The fraction of sp³-hybridized carbons (Fsp3) is 0.833. The highest BCUT2D eigenvalue weighted by molar-refractivity contribution is 5.91. The normalized spacial score (nSPS) is 9.71. The maximum absolute atomic E-state index is 10.5. The topological polar surface area (TPSA) is 41.1 Å². The van der Waals surface area contributed by atoms with E-state index in [1.807, 2.05) is 6.92 Å². The van der Waals surface area contributed by atoms with Crippen LogP contribution in [0.25, 0.3) is 0 Å². The molecule has 0 fully saturated rings. The first-order chi connectivity index (χ1) is 10.1. The lowest BCUT2D eigenvalue weighted by Gasteiger charge is -2.03. The van der Waals surface area contributed by atoms with Crippen LogP contribution < -0.4 is 10.6 Å². The molecule has 0 atom stereocenters. The molecule has 0 aromatic heterocycles. The zero-order valence-electron chi connectivity index (χ0n) is 14.9. The molecule has 2 N–H and O–H groups in total. The van der Waals surface area contributed by atoms with E-state index < -0.39 is 0 Å². The second-order valence-electron chi connectivity index (χ2n) is 5.51. The summed E-state index contributed by atoms with van der Waals surface area (Å²) in [6.07, 6.45) is 11.0. The van der Waals surface area contributed by atoms with Crippen molar-refractivity contribution < 1.29 is 4.79 Å². The molecule has 3 nitrogen and oxygen atoms in total. The molecular formula is C18H38N2O. The summed E-state index contributed by atoms with van der Waals surface area (Å²) in [5.41, 5.74) is 0.562. The van der Waals surface area contributed by atoms with Crippen LogP contribution in [-0.2, 0) is 4.79 Å². The smallest absolute Gasteiger partial charge is 0.246 e. The largest absolute Gasteiger partial charge is 0.353 e. The number of hydrogen-bond acceptors (Lipinski definition) is 2. The molecular weight excluding hydrogens is 260 g/mol. The number of rotatable bonds is 12. The Morgan fingerprint density at radius 1 is 0.857 bits per heavy atom. The monoisotopic (exact) mass is 298 g/mol. The minimum Gasteiger partial charge on any atom is -0.353 e. The van der Waals surface area contributed by atoms with Gasteiger partial charge < -0.3 is 10.6 Å². The standard InChI is InChI=1S/C12H27N.C6H11NO/c1-3-5-7-9-11-13-12-10-8-6-4-2;1-4-7-6(8)5(2)3/h13H,3-12H2,1-2H3;2,4H2,1,3H3,(H,7,8). The first-order valence-corrected chi connectivity index (χ1v) is 8.74. The highest BCUT2D eigenvalue weighted by atomic mass is 16.1. The molecule has 0 saturated heterocycles. The van der Waals surface area contributed by atoms with Crippen LogP contribution in [0.5, 0.6) is 0 Å². The fourth-order valence-corrected chi connectivity index (χ4v) is 1.79. The Hall–Kier alpha value is -0.830. The van der Waals surface area contributed by atoms with Gasteiger partial charge in [0, 0.05) is 12.1 Å². The second-order valence-corrected chi connectivity index (χ2v) is 5.51.